The maximum Gasteiger partial charge on any atom is 0.265 e. The Hall–Kier alpha value is -1.31. The lowest BCUT2D eigenvalue weighted by atomic mass is 10.2. The molecule has 2 N–H and O–H groups in total. The highest BCUT2D eigenvalue weighted by molar-refractivity contribution is 7.12. The second kappa shape index (κ2) is 6.43. The van der Waals surface area contributed by atoms with E-state index in [2.05, 4.69) is 18.8 Å². The van der Waals surface area contributed by atoms with Gasteiger partial charge in [-0.3, -0.25) is 4.79 Å². The Labute approximate surface area is 107 Å². The average Bonchev–Trinajstić information content (AvgIpc) is 2.81. The quantitative estimate of drug-likeness (QED) is 0.833. The summed E-state index contributed by atoms with van der Waals surface area (Å²) in [7, 11) is 1.83. The fourth-order valence-corrected chi connectivity index (χ4v) is 2.18. The third-order valence-corrected chi connectivity index (χ3v) is 3.66. The molecule has 1 heterocycles. The van der Waals surface area contributed by atoms with Crippen molar-refractivity contribution in [3.05, 3.63) is 21.9 Å². The lowest BCUT2D eigenvalue weighted by molar-refractivity contribution is 0.0745. The number of nitrogens with zero attached hydrogens (tertiary/aromatic N) is 1. The molecule has 0 aromatic carbocycles. The first-order valence-electron chi connectivity index (χ1n) is 5.65. The molecule has 1 atom stereocenters. The third kappa shape index (κ3) is 3.32. The molecule has 92 valence electrons. The van der Waals surface area contributed by atoms with Crippen molar-refractivity contribution < 1.29 is 4.79 Å². The maximum absolute atomic E-state index is 12.2. The van der Waals surface area contributed by atoms with Gasteiger partial charge in [0.2, 0.25) is 0 Å². The fraction of sp³-hybridized carbons (Fsp3) is 0.462. The van der Waals surface area contributed by atoms with Gasteiger partial charge in [-0.05, 0) is 24.8 Å². The summed E-state index contributed by atoms with van der Waals surface area (Å²) < 4.78 is 0. The number of carbonyl (C=O) groups excluding carboxylic acids is 1. The molecule has 1 unspecified atom stereocenters. The van der Waals surface area contributed by atoms with Gasteiger partial charge in [-0.25, -0.2) is 0 Å². The van der Waals surface area contributed by atoms with Crippen molar-refractivity contribution >= 4 is 17.2 Å². The molecule has 0 spiro atoms. The number of hydrogen-bond donors (Lipinski definition) is 1. The Kier molecular flexibility index (Phi) is 5.20. The van der Waals surface area contributed by atoms with Crippen LogP contribution < -0.4 is 5.73 Å². The molecule has 0 saturated heterocycles. The second-order valence-corrected chi connectivity index (χ2v) is 4.76. The zero-order valence-electron chi connectivity index (χ0n) is 10.5. The van der Waals surface area contributed by atoms with Gasteiger partial charge in [-0.2, -0.15) is 0 Å². The molecular weight excluding hydrogens is 232 g/mol. The molecule has 1 aromatic heterocycles. The first-order chi connectivity index (χ1) is 8.11. The van der Waals surface area contributed by atoms with Crippen molar-refractivity contribution in [1.29, 1.82) is 0 Å². The molecule has 0 saturated carbocycles. The van der Waals surface area contributed by atoms with Crippen LogP contribution in [0.4, 0.5) is 0 Å². The summed E-state index contributed by atoms with van der Waals surface area (Å²) in [5, 5.41) is 1.89. The molecule has 0 radical (unpaired) electrons. The van der Waals surface area contributed by atoms with Crippen LogP contribution in [0, 0.1) is 11.8 Å². The van der Waals surface area contributed by atoms with E-state index in [1.54, 1.807) is 4.90 Å². The Morgan fingerprint density at radius 1 is 1.65 bits per heavy atom. The topological polar surface area (TPSA) is 46.3 Å². The lowest BCUT2D eigenvalue weighted by Gasteiger charge is -2.23. The lowest BCUT2D eigenvalue weighted by Crippen LogP contribution is -2.34. The Balaban J connectivity index is 2.93. The van der Waals surface area contributed by atoms with E-state index in [9.17, 15) is 4.79 Å². The molecule has 0 bridgehead atoms. The Morgan fingerprint density at radius 3 is 2.94 bits per heavy atom. The van der Waals surface area contributed by atoms with Crippen molar-refractivity contribution in [2.75, 3.05) is 13.6 Å². The summed E-state index contributed by atoms with van der Waals surface area (Å²) in [4.78, 5) is 14.7. The van der Waals surface area contributed by atoms with E-state index in [-0.39, 0.29) is 11.9 Å². The molecule has 0 aliphatic heterocycles. The highest BCUT2D eigenvalue weighted by Crippen LogP contribution is 2.19. The van der Waals surface area contributed by atoms with E-state index >= 15 is 0 Å². The largest absolute Gasteiger partial charge is 0.338 e. The number of thiophene rings is 1. The van der Waals surface area contributed by atoms with E-state index in [1.807, 2.05) is 25.4 Å². The standard InChI is InChI=1S/C13H18N2OS/c1-4-10(2)15(3)13(16)12-11(6-5-8-14)7-9-17-12/h7,9-10H,4,8,14H2,1-3H3. The summed E-state index contributed by atoms with van der Waals surface area (Å²) in [5.41, 5.74) is 6.11. The van der Waals surface area contributed by atoms with Gasteiger partial charge in [-0.15, -0.1) is 11.3 Å². The Bertz CT molecular complexity index is 442. The van der Waals surface area contributed by atoms with Crippen molar-refractivity contribution in [3.63, 3.8) is 0 Å². The summed E-state index contributed by atoms with van der Waals surface area (Å²) in [6.07, 6.45) is 0.942. The smallest absolute Gasteiger partial charge is 0.265 e. The summed E-state index contributed by atoms with van der Waals surface area (Å²) in [6, 6.07) is 2.10. The molecule has 1 aromatic rings. The predicted octanol–water partition coefficient (Wildman–Crippen LogP) is 1.93. The van der Waals surface area contributed by atoms with Crippen LogP contribution >= 0.6 is 11.3 Å². The van der Waals surface area contributed by atoms with E-state index in [0.717, 1.165) is 12.0 Å². The van der Waals surface area contributed by atoms with Crippen LogP contribution in [0.5, 0.6) is 0 Å². The number of carbonyl (C=O) groups is 1. The third-order valence-electron chi connectivity index (χ3n) is 2.76. The van der Waals surface area contributed by atoms with Crippen LogP contribution in [-0.4, -0.2) is 30.4 Å². The molecule has 1 amide bonds. The number of amides is 1. The fourth-order valence-electron chi connectivity index (χ4n) is 1.35. The highest BCUT2D eigenvalue weighted by atomic mass is 32.1. The summed E-state index contributed by atoms with van der Waals surface area (Å²) >= 11 is 1.43. The Morgan fingerprint density at radius 2 is 2.35 bits per heavy atom. The molecule has 3 nitrogen and oxygen atoms in total. The predicted molar refractivity (Wildman–Crippen MR) is 72.1 cm³/mol. The SMILES string of the molecule is CCC(C)N(C)C(=O)c1sccc1C#CCN. The zero-order chi connectivity index (χ0) is 12.8. The van der Waals surface area contributed by atoms with Crippen LogP contribution in [0.2, 0.25) is 0 Å². The van der Waals surface area contributed by atoms with Crippen molar-refractivity contribution in [3.8, 4) is 11.8 Å². The van der Waals surface area contributed by atoms with Gasteiger partial charge in [0, 0.05) is 18.7 Å². The molecular formula is C13H18N2OS. The summed E-state index contributed by atoms with van der Waals surface area (Å²) in [6.45, 7) is 4.42. The average molecular weight is 250 g/mol. The van der Waals surface area contributed by atoms with Crippen LogP contribution in [0.3, 0.4) is 0 Å². The van der Waals surface area contributed by atoms with Crippen LogP contribution in [-0.2, 0) is 0 Å². The summed E-state index contributed by atoms with van der Waals surface area (Å²) in [5.74, 6) is 5.75. The van der Waals surface area contributed by atoms with E-state index in [4.69, 9.17) is 5.73 Å². The van der Waals surface area contributed by atoms with Crippen molar-refractivity contribution in [2.45, 2.75) is 26.3 Å². The molecule has 17 heavy (non-hydrogen) atoms. The maximum atomic E-state index is 12.2. The molecule has 0 aliphatic carbocycles. The number of hydrogen-bond acceptors (Lipinski definition) is 3. The van der Waals surface area contributed by atoms with Crippen molar-refractivity contribution in [2.24, 2.45) is 5.73 Å². The van der Waals surface area contributed by atoms with Crippen LogP contribution in [0.25, 0.3) is 0 Å². The van der Waals surface area contributed by atoms with Gasteiger partial charge >= 0.3 is 0 Å². The van der Waals surface area contributed by atoms with Gasteiger partial charge < -0.3 is 10.6 Å². The van der Waals surface area contributed by atoms with Gasteiger partial charge in [0.25, 0.3) is 5.91 Å². The van der Waals surface area contributed by atoms with Gasteiger partial charge in [0.05, 0.1) is 6.54 Å². The van der Waals surface area contributed by atoms with Gasteiger partial charge in [-0.1, -0.05) is 18.8 Å². The van der Waals surface area contributed by atoms with Crippen LogP contribution in [0.15, 0.2) is 11.4 Å². The molecule has 4 heteroatoms. The zero-order valence-corrected chi connectivity index (χ0v) is 11.3. The van der Waals surface area contributed by atoms with Gasteiger partial charge in [0.15, 0.2) is 0 Å². The van der Waals surface area contributed by atoms with Crippen LogP contribution in [0.1, 0.15) is 35.5 Å². The second-order valence-electron chi connectivity index (χ2n) is 3.84. The minimum Gasteiger partial charge on any atom is -0.338 e. The van der Waals surface area contributed by atoms with E-state index in [1.165, 1.54) is 11.3 Å². The normalized spacial score (nSPS) is 11.5. The highest BCUT2D eigenvalue weighted by Gasteiger charge is 2.19. The van der Waals surface area contributed by atoms with Gasteiger partial charge in [0.1, 0.15) is 4.88 Å². The molecule has 0 aliphatic rings. The van der Waals surface area contributed by atoms with Crippen molar-refractivity contribution in [1.82, 2.24) is 4.90 Å². The minimum absolute atomic E-state index is 0.0377. The minimum atomic E-state index is 0.0377. The monoisotopic (exact) mass is 250 g/mol. The number of rotatable bonds is 3. The molecule has 0 fully saturated rings. The molecule has 1 rings (SSSR count). The van der Waals surface area contributed by atoms with E-state index < -0.39 is 0 Å². The first kappa shape index (κ1) is 13.8. The first-order valence-corrected chi connectivity index (χ1v) is 6.53. The number of nitrogens with two attached hydrogens (primary N) is 1. The van der Waals surface area contributed by atoms with E-state index in [0.29, 0.717) is 11.4 Å².